The number of carbonyl (C=O) groups excluding carboxylic acids is 1. The van der Waals surface area contributed by atoms with Gasteiger partial charge in [0.2, 0.25) is 5.95 Å². The van der Waals surface area contributed by atoms with Gasteiger partial charge in [-0.2, -0.15) is 0 Å². The van der Waals surface area contributed by atoms with Crippen molar-refractivity contribution < 1.29 is 13.6 Å². The molecule has 0 unspecified atom stereocenters. The van der Waals surface area contributed by atoms with E-state index < -0.39 is 11.6 Å². The molecule has 0 atom stereocenters. The van der Waals surface area contributed by atoms with Crippen LogP contribution in [0.5, 0.6) is 0 Å². The number of aryl methyl sites for hydroxylation is 1. The van der Waals surface area contributed by atoms with Gasteiger partial charge in [0, 0.05) is 24.0 Å². The number of allylic oxidation sites excluding steroid dienone is 1. The monoisotopic (exact) mass is 372 g/mol. The first-order valence-corrected chi connectivity index (χ1v) is 9.05. The number of carbonyl (C=O) groups is 1. The quantitative estimate of drug-likeness (QED) is 0.737. The lowest BCUT2D eigenvalue weighted by atomic mass is 9.97. The van der Waals surface area contributed by atoms with Gasteiger partial charge in [-0.25, -0.2) is 18.7 Å². The first-order valence-electron chi connectivity index (χ1n) is 9.05. The molecule has 1 heterocycles. The zero-order chi connectivity index (χ0) is 19.2. The minimum atomic E-state index is -0.970. The molecule has 1 aliphatic rings. The molecule has 0 saturated heterocycles. The summed E-state index contributed by atoms with van der Waals surface area (Å²) < 4.78 is 26.4. The third kappa shape index (κ3) is 5.32. The second-order valence-electron chi connectivity index (χ2n) is 6.59. The standard InChI is InChI=1S/C20H22F2N4O/c1-13-11-18(19(27)23-10-9-14-5-3-2-4-6-14)26-20(24-13)25-15-7-8-16(21)17(22)12-15/h5,7-8,11-12H,2-4,6,9-10H2,1H3,(H,23,27)(H,24,25,26). The molecule has 0 spiro atoms. The highest BCUT2D eigenvalue weighted by Crippen LogP contribution is 2.20. The van der Waals surface area contributed by atoms with Crippen LogP contribution in [0.15, 0.2) is 35.9 Å². The Balaban J connectivity index is 1.64. The molecule has 1 aliphatic carbocycles. The van der Waals surface area contributed by atoms with Crippen molar-refractivity contribution in [1.82, 2.24) is 15.3 Å². The largest absolute Gasteiger partial charge is 0.350 e. The summed E-state index contributed by atoms with van der Waals surface area (Å²) in [7, 11) is 0. The number of rotatable bonds is 6. The molecule has 0 bridgehead atoms. The summed E-state index contributed by atoms with van der Waals surface area (Å²) in [5, 5.41) is 5.67. The van der Waals surface area contributed by atoms with Gasteiger partial charge < -0.3 is 10.6 Å². The molecule has 1 aromatic carbocycles. The minimum absolute atomic E-state index is 0.154. The predicted molar refractivity (Wildman–Crippen MR) is 99.9 cm³/mol. The number of nitrogens with one attached hydrogen (secondary N) is 2. The summed E-state index contributed by atoms with van der Waals surface area (Å²) in [6, 6.07) is 4.99. The van der Waals surface area contributed by atoms with E-state index in [4.69, 9.17) is 0 Å². The van der Waals surface area contributed by atoms with Crippen LogP contribution in [0.4, 0.5) is 20.4 Å². The fraction of sp³-hybridized carbons (Fsp3) is 0.350. The number of anilines is 2. The highest BCUT2D eigenvalue weighted by Gasteiger charge is 2.12. The molecule has 0 fully saturated rings. The topological polar surface area (TPSA) is 66.9 Å². The maximum Gasteiger partial charge on any atom is 0.270 e. The van der Waals surface area contributed by atoms with E-state index in [9.17, 15) is 13.6 Å². The van der Waals surface area contributed by atoms with Crippen molar-refractivity contribution in [2.45, 2.75) is 39.0 Å². The van der Waals surface area contributed by atoms with Crippen LogP contribution in [-0.2, 0) is 0 Å². The molecular weight excluding hydrogens is 350 g/mol. The number of halogens is 2. The molecule has 142 valence electrons. The molecule has 1 aromatic heterocycles. The van der Waals surface area contributed by atoms with E-state index in [0.717, 1.165) is 31.4 Å². The highest BCUT2D eigenvalue weighted by molar-refractivity contribution is 5.92. The van der Waals surface area contributed by atoms with E-state index in [2.05, 4.69) is 26.7 Å². The van der Waals surface area contributed by atoms with Crippen LogP contribution < -0.4 is 10.6 Å². The van der Waals surface area contributed by atoms with Crippen LogP contribution in [-0.4, -0.2) is 22.4 Å². The molecule has 0 saturated carbocycles. The Morgan fingerprint density at radius 3 is 2.74 bits per heavy atom. The number of hydrogen-bond acceptors (Lipinski definition) is 4. The molecule has 0 aliphatic heterocycles. The highest BCUT2D eigenvalue weighted by atomic mass is 19.2. The maximum absolute atomic E-state index is 13.3. The summed E-state index contributed by atoms with van der Waals surface area (Å²) in [5.41, 5.74) is 2.51. The Hall–Kier alpha value is -2.83. The normalized spacial score (nSPS) is 13.8. The fourth-order valence-electron chi connectivity index (χ4n) is 3.00. The first kappa shape index (κ1) is 18.9. The average molecular weight is 372 g/mol. The SMILES string of the molecule is Cc1cc(C(=O)NCCC2=CCCCC2)nc(Nc2ccc(F)c(F)c2)n1. The molecule has 7 heteroatoms. The van der Waals surface area contributed by atoms with E-state index in [0.29, 0.717) is 17.9 Å². The van der Waals surface area contributed by atoms with Crippen molar-refractivity contribution in [2.75, 3.05) is 11.9 Å². The van der Waals surface area contributed by atoms with Crippen LogP contribution in [0.3, 0.4) is 0 Å². The third-order valence-corrected chi connectivity index (χ3v) is 4.38. The van der Waals surface area contributed by atoms with Gasteiger partial charge in [-0.1, -0.05) is 11.6 Å². The van der Waals surface area contributed by atoms with Gasteiger partial charge in [-0.05, 0) is 57.2 Å². The summed E-state index contributed by atoms with van der Waals surface area (Å²) in [6.45, 7) is 2.29. The van der Waals surface area contributed by atoms with Gasteiger partial charge in [-0.15, -0.1) is 0 Å². The fourth-order valence-corrected chi connectivity index (χ4v) is 3.00. The van der Waals surface area contributed by atoms with Crippen molar-refractivity contribution in [3.8, 4) is 0 Å². The molecule has 2 N–H and O–H groups in total. The third-order valence-electron chi connectivity index (χ3n) is 4.38. The van der Waals surface area contributed by atoms with Crippen LogP contribution in [0.1, 0.15) is 48.3 Å². The molecule has 2 aromatic rings. The van der Waals surface area contributed by atoms with Crippen molar-refractivity contribution in [3.63, 3.8) is 0 Å². The molecule has 5 nitrogen and oxygen atoms in total. The maximum atomic E-state index is 13.3. The van der Waals surface area contributed by atoms with E-state index in [-0.39, 0.29) is 17.5 Å². The van der Waals surface area contributed by atoms with Gasteiger partial charge in [0.1, 0.15) is 5.69 Å². The molecule has 27 heavy (non-hydrogen) atoms. The lowest BCUT2D eigenvalue weighted by Gasteiger charge is -2.13. The Kier molecular flexibility index (Phi) is 6.11. The van der Waals surface area contributed by atoms with Crippen molar-refractivity contribution in [3.05, 3.63) is 58.9 Å². The smallest absolute Gasteiger partial charge is 0.270 e. The van der Waals surface area contributed by atoms with Crippen molar-refractivity contribution in [2.24, 2.45) is 0 Å². The lowest BCUT2D eigenvalue weighted by Crippen LogP contribution is -2.26. The van der Waals surface area contributed by atoms with Crippen LogP contribution in [0.2, 0.25) is 0 Å². The predicted octanol–water partition coefficient (Wildman–Crippen LogP) is 4.43. The Bertz CT molecular complexity index is 867. The van der Waals surface area contributed by atoms with Gasteiger partial charge in [0.25, 0.3) is 5.91 Å². The number of nitrogens with zero attached hydrogens (tertiary/aromatic N) is 2. The number of aromatic nitrogens is 2. The van der Waals surface area contributed by atoms with E-state index >= 15 is 0 Å². The van der Waals surface area contributed by atoms with Crippen LogP contribution >= 0.6 is 0 Å². The van der Waals surface area contributed by atoms with Crippen LogP contribution in [0, 0.1) is 18.6 Å². The summed E-state index contributed by atoms with van der Waals surface area (Å²) >= 11 is 0. The molecule has 0 radical (unpaired) electrons. The van der Waals surface area contributed by atoms with Crippen LogP contribution in [0.25, 0.3) is 0 Å². The number of hydrogen-bond donors (Lipinski definition) is 2. The van der Waals surface area contributed by atoms with Gasteiger partial charge in [-0.3, -0.25) is 4.79 Å². The van der Waals surface area contributed by atoms with Gasteiger partial charge in [0.15, 0.2) is 11.6 Å². The minimum Gasteiger partial charge on any atom is -0.350 e. The zero-order valence-corrected chi connectivity index (χ0v) is 15.2. The Morgan fingerprint density at radius 2 is 2.00 bits per heavy atom. The van der Waals surface area contributed by atoms with Crippen molar-refractivity contribution >= 4 is 17.5 Å². The van der Waals surface area contributed by atoms with E-state index in [1.165, 1.54) is 24.5 Å². The van der Waals surface area contributed by atoms with Gasteiger partial charge in [0.05, 0.1) is 0 Å². The molecule has 3 rings (SSSR count). The first-order chi connectivity index (χ1) is 13.0. The second-order valence-corrected chi connectivity index (χ2v) is 6.59. The average Bonchev–Trinajstić information content (AvgIpc) is 2.65. The number of benzene rings is 1. The lowest BCUT2D eigenvalue weighted by molar-refractivity contribution is 0.0949. The zero-order valence-electron chi connectivity index (χ0n) is 15.2. The number of amides is 1. The summed E-state index contributed by atoms with van der Waals surface area (Å²) in [6.07, 6.45) is 7.77. The van der Waals surface area contributed by atoms with Crippen molar-refractivity contribution in [1.29, 1.82) is 0 Å². The van der Waals surface area contributed by atoms with Gasteiger partial charge >= 0.3 is 0 Å². The second kappa shape index (κ2) is 8.70. The summed E-state index contributed by atoms with van der Waals surface area (Å²) in [4.78, 5) is 20.8. The Labute approximate surface area is 156 Å². The molecule has 1 amide bonds. The Morgan fingerprint density at radius 1 is 1.15 bits per heavy atom. The van der Waals surface area contributed by atoms with E-state index in [1.807, 2.05) is 0 Å². The van der Waals surface area contributed by atoms with E-state index in [1.54, 1.807) is 13.0 Å². The summed E-state index contributed by atoms with van der Waals surface area (Å²) in [5.74, 6) is -2.03. The molecular formula is C20H22F2N4O.